The molecule has 0 aliphatic heterocycles. The number of nitriles is 1. The quantitative estimate of drug-likeness (QED) is 0.371. The maximum absolute atomic E-state index is 12.9. The van der Waals surface area contributed by atoms with Crippen LogP contribution in [0, 0.1) is 24.2 Å². The highest BCUT2D eigenvalue weighted by Gasteiger charge is 2.54. The van der Waals surface area contributed by atoms with E-state index < -0.39 is 17.6 Å². The summed E-state index contributed by atoms with van der Waals surface area (Å²) >= 11 is 0. The number of allylic oxidation sites excluding steroid dienone is 2. The van der Waals surface area contributed by atoms with Crippen molar-refractivity contribution in [2.45, 2.75) is 39.0 Å². The highest BCUT2D eigenvalue weighted by molar-refractivity contribution is 5.89. The zero-order chi connectivity index (χ0) is 28.3. The van der Waals surface area contributed by atoms with Crippen LogP contribution in [0.2, 0.25) is 0 Å². The van der Waals surface area contributed by atoms with Gasteiger partial charge >= 0.3 is 5.97 Å². The van der Waals surface area contributed by atoms with Crippen molar-refractivity contribution in [1.82, 2.24) is 19.7 Å². The molecule has 1 aliphatic rings. The molecule has 0 amide bonds. The summed E-state index contributed by atoms with van der Waals surface area (Å²) in [6, 6.07) is 8.80. The normalized spacial score (nSPS) is 18.7. The smallest absolute Gasteiger partial charge is 0.340 e. The number of rotatable bonds is 9. The minimum atomic E-state index is -1.84. The molecule has 0 bridgehead atoms. The van der Waals surface area contributed by atoms with Gasteiger partial charge in [0.1, 0.15) is 29.9 Å². The van der Waals surface area contributed by atoms with Gasteiger partial charge in [-0.05, 0) is 48.2 Å². The number of aryl methyl sites for hydroxylation is 1. The number of aromatic hydroxyl groups is 1. The van der Waals surface area contributed by atoms with Crippen molar-refractivity contribution in [1.29, 1.82) is 5.26 Å². The maximum Gasteiger partial charge on any atom is 0.340 e. The number of nitrogens with zero attached hydrogens (tertiary/aromatic N) is 5. The van der Waals surface area contributed by atoms with Crippen LogP contribution in [-0.2, 0) is 20.8 Å². The average Bonchev–Trinajstić information content (AvgIpc) is 3.32. The molecule has 0 radical (unpaired) electrons. The van der Waals surface area contributed by atoms with Crippen LogP contribution in [0.15, 0.2) is 60.1 Å². The summed E-state index contributed by atoms with van der Waals surface area (Å²) < 4.78 is 12.7. The van der Waals surface area contributed by atoms with Gasteiger partial charge in [0, 0.05) is 30.6 Å². The minimum Gasteiger partial charge on any atom is -0.508 e. The zero-order valence-corrected chi connectivity index (χ0v) is 22.3. The largest absolute Gasteiger partial charge is 0.508 e. The van der Waals surface area contributed by atoms with Crippen LogP contribution in [0.3, 0.4) is 0 Å². The van der Waals surface area contributed by atoms with Crippen LogP contribution in [0.25, 0.3) is 22.5 Å². The van der Waals surface area contributed by atoms with E-state index in [0.29, 0.717) is 28.1 Å². The van der Waals surface area contributed by atoms with Crippen LogP contribution >= 0.6 is 0 Å². The summed E-state index contributed by atoms with van der Waals surface area (Å²) in [5, 5.41) is 37.5. The number of aromatic nitrogens is 4. The lowest BCUT2D eigenvalue weighted by Crippen LogP contribution is -2.59. The summed E-state index contributed by atoms with van der Waals surface area (Å²) in [5.74, 6) is -0.946. The topological polar surface area (TPSA) is 155 Å². The van der Waals surface area contributed by atoms with Gasteiger partial charge in [-0.15, -0.1) is 0 Å². The second-order valence-corrected chi connectivity index (χ2v) is 9.47. The Bertz CT molecular complexity index is 1480. The predicted octanol–water partition coefficient (Wildman–Crippen LogP) is 3.92. The molecule has 202 valence electrons. The Morgan fingerprint density at radius 3 is 2.69 bits per heavy atom. The number of nitrogens with one attached hydrogen (secondary N) is 1. The summed E-state index contributed by atoms with van der Waals surface area (Å²) in [6.07, 6.45) is 5.74. The molecule has 1 unspecified atom stereocenters. The van der Waals surface area contributed by atoms with Gasteiger partial charge in [-0.3, -0.25) is 4.68 Å². The molecule has 1 aromatic carbocycles. The molecule has 2 atom stereocenters. The number of carboxylic acid groups (broad SMARTS) is 1. The Kier molecular flexibility index (Phi) is 7.69. The Labute approximate surface area is 226 Å². The number of anilines is 1. The lowest BCUT2D eigenvalue weighted by molar-refractivity contribution is -0.146. The van der Waals surface area contributed by atoms with Crippen molar-refractivity contribution >= 4 is 11.9 Å². The van der Waals surface area contributed by atoms with Crippen molar-refractivity contribution < 1.29 is 24.5 Å². The first-order valence-corrected chi connectivity index (χ1v) is 12.2. The summed E-state index contributed by atoms with van der Waals surface area (Å²) in [7, 11) is 2.85. The molecular weight excluding hydrogens is 500 g/mol. The van der Waals surface area contributed by atoms with Gasteiger partial charge < -0.3 is 25.0 Å². The molecule has 0 fully saturated rings. The van der Waals surface area contributed by atoms with Crippen molar-refractivity contribution in [3.63, 3.8) is 0 Å². The monoisotopic (exact) mass is 530 g/mol. The molecule has 2 aromatic heterocycles. The maximum atomic E-state index is 12.9. The van der Waals surface area contributed by atoms with Crippen molar-refractivity contribution in [2.24, 2.45) is 5.92 Å². The standard InChI is InChI=1S/C28H30N6O5/c1-16(2)20-6-7-23(38-4)28(26(36)37,25(20)39-5)32-27-30-10-8-22(31-27)21-15-34(11-9-29)33-24(21)18-12-17(3)13-19(35)14-18/h6-8,10,12-16,23,35H,11H2,1-5H3,(H,36,37)(H,30,31,32)/t23-,28?/m0/s1. The van der Waals surface area contributed by atoms with Gasteiger partial charge in [-0.2, -0.15) is 10.4 Å². The number of ether oxygens (including phenoxy) is 2. The first-order valence-electron chi connectivity index (χ1n) is 12.2. The van der Waals surface area contributed by atoms with E-state index >= 15 is 0 Å². The molecule has 4 rings (SSSR count). The van der Waals surface area contributed by atoms with E-state index in [4.69, 9.17) is 9.47 Å². The number of aliphatic carboxylic acids is 1. The van der Waals surface area contributed by atoms with Gasteiger partial charge in [-0.1, -0.05) is 26.0 Å². The Hall–Kier alpha value is -4.69. The molecule has 2 heterocycles. The Morgan fingerprint density at radius 2 is 2.08 bits per heavy atom. The number of phenolic OH excluding ortho intramolecular Hbond substituents is 1. The summed E-state index contributed by atoms with van der Waals surface area (Å²) in [4.78, 5) is 21.8. The third-order valence-electron chi connectivity index (χ3n) is 6.49. The van der Waals surface area contributed by atoms with E-state index in [0.717, 1.165) is 5.56 Å². The molecule has 0 saturated heterocycles. The van der Waals surface area contributed by atoms with Crippen molar-refractivity contribution in [3.8, 4) is 34.3 Å². The second kappa shape index (κ2) is 11.0. The van der Waals surface area contributed by atoms with Gasteiger partial charge in [-0.25, -0.2) is 14.8 Å². The molecule has 0 saturated carbocycles. The van der Waals surface area contributed by atoms with Crippen LogP contribution in [0.5, 0.6) is 5.75 Å². The van der Waals surface area contributed by atoms with E-state index in [9.17, 15) is 20.3 Å². The van der Waals surface area contributed by atoms with Crippen molar-refractivity contribution in [3.05, 3.63) is 65.7 Å². The lowest BCUT2D eigenvalue weighted by atomic mass is 9.80. The van der Waals surface area contributed by atoms with Gasteiger partial charge in [0.05, 0.1) is 18.9 Å². The number of carbonyl (C=O) groups is 1. The lowest BCUT2D eigenvalue weighted by Gasteiger charge is -2.40. The molecule has 39 heavy (non-hydrogen) atoms. The molecule has 11 nitrogen and oxygen atoms in total. The van der Waals surface area contributed by atoms with Crippen LogP contribution in [0.1, 0.15) is 19.4 Å². The molecule has 1 aliphatic carbocycles. The van der Waals surface area contributed by atoms with E-state index in [-0.39, 0.29) is 29.9 Å². The van der Waals surface area contributed by atoms with Crippen molar-refractivity contribution in [2.75, 3.05) is 19.5 Å². The summed E-state index contributed by atoms with van der Waals surface area (Å²) in [6.45, 7) is 5.74. The number of hydrogen-bond acceptors (Lipinski definition) is 9. The second-order valence-electron chi connectivity index (χ2n) is 9.47. The predicted molar refractivity (Wildman–Crippen MR) is 144 cm³/mol. The third-order valence-corrected chi connectivity index (χ3v) is 6.49. The third kappa shape index (κ3) is 5.06. The van der Waals surface area contributed by atoms with Crippen LogP contribution < -0.4 is 5.32 Å². The number of methoxy groups -OCH3 is 2. The van der Waals surface area contributed by atoms with Gasteiger partial charge in [0.15, 0.2) is 0 Å². The SMILES string of the molecule is COC1=C(C(C)C)C=C[C@H](OC)C1(Nc1nccc(-c2cn(CC#N)nc2-c2cc(C)cc(O)c2)n1)C(=O)O. The first-order chi connectivity index (χ1) is 18.6. The molecule has 0 spiro atoms. The number of carboxylic acids is 1. The van der Waals surface area contributed by atoms with E-state index in [1.165, 1.54) is 25.1 Å². The molecule has 3 N–H and O–H groups in total. The van der Waals surface area contributed by atoms with E-state index in [1.807, 2.05) is 32.9 Å². The fraction of sp³-hybridized carbons (Fsp3) is 0.321. The Balaban J connectivity index is 1.85. The van der Waals surface area contributed by atoms with Crippen LogP contribution in [0.4, 0.5) is 5.95 Å². The molecular formula is C28H30N6O5. The van der Waals surface area contributed by atoms with Crippen LogP contribution in [-0.4, -0.2) is 61.8 Å². The highest BCUT2D eigenvalue weighted by Crippen LogP contribution is 2.38. The number of hydrogen-bond donors (Lipinski definition) is 3. The zero-order valence-electron chi connectivity index (χ0n) is 22.3. The summed E-state index contributed by atoms with van der Waals surface area (Å²) in [5.41, 5.74) is 1.83. The first kappa shape index (κ1) is 27.3. The minimum absolute atomic E-state index is 0.00490. The van der Waals surface area contributed by atoms with E-state index in [2.05, 4.69) is 26.5 Å². The van der Waals surface area contributed by atoms with Gasteiger partial charge in [0.2, 0.25) is 11.5 Å². The number of benzene rings is 1. The van der Waals surface area contributed by atoms with Gasteiger partial charge in [0.25, 0.3) is 0 Å². The fourth-order valence-electron chi connectivity index (χ4n) is 4.78. The fourth-order valence-corrected chi connectivity index (χ4v) is 4.78. The molecule has 11 heteroatoms. The molecule has 3 aromatic rings. The number of phenols is 1. The Morgan fingerprint density at radius 1 is 1.31 bits per heavy atom. The van der Waals surface area contributed by atoms with E-state index in [1.54, 1.807) is 30.5 Å². The highest BCUT2D eigenvalue weighted by atomic mass is 16.5. The average molecular weight is 531 g/mol.